The molecule has 0 heterocycles. The van der Waals surface area contributed by atoms with Crippen molar-refractivity contribution in [3.05, 3.63) is 0 Å². The molecular formula is C5H13NO. The van der Waals surface area contributed by atoms with Crippen LogP contribution >= 0.6 is 0 Å². The molecular weight excluding hydrogens is 90.1 g/mol. The molecule has 0 spiro atoms. The first-order valence-corrected chi connectivity index (χ1v) is 2.55. The minimum absolute atomic E-state index is 0.116. The average Bonchev–Trinajstić information content (AvgIpc) is 1.65. The first-order chi connectivity index (χ1) is 3.18. The van der Waals surface area contributed by atoms with Crippen LogP contribution in [0.15, 0.2) is 0 Å². The van der Waals surface area contributed by atoms with Crippen molar-refractivity contribution in [3.8, 4) is 0 Å². The Labute approximate surface area is 44.3 Å². The molecule has 2 heteroatoms. The summed E-state index contributed by atoms with van der Waals surface area (Å²) in [5.41, 5.74) is 5.39. The fourth-order valence-corrected chi connectivity index (χ4v) is 0.166. The molecule has 0 amide bonds. The summed E-state index contributed by atoms with van der Waals surface area (Å²) in [6.07, 6.45) is 0. The molecule has 0 radical (unpaired) electrons. The van der Waals surface area contributed by atoms with E-state index < -0.39 is 0 Å². The third kappa shape index (κ3) is 2.60. The molecule has 0 aliphatic rings. The zero-order valence-corrected chi connectivity index (χ0v) is 4.89. The minimum Gasteiger partial charge on any atom is -0.396 e. The number of hydrogen-bond donors (Lipinski definition) is 2. The Balaban J connectivity index is 3.14. The molecule has 0 aromatic heterocycles. The van der Waals surface area contributed by atoms with E-state index in [9.17, 15) is 0 Å². The van der Waals surface area contributed by atoms with Crippen molar-refractivity contribution in [2.24, 2.45) is 11.7 Å². The van der Waals surface area contributed by atoms with Gasteiger partial charge in [-0.2, -0.15) is 0 Å². The Morgan fingerprint density at radius 1 is 1.57 bits per heavy atom. The predicted octanol–water partition coefficient (Wildman–Crippen LogP) is -0.0380. The number of rotatable bonds is 2. The van der Waals surface area contributed by atoms with Crippen LogP contribution in [-0.4, -0.2) is 17.8 Å². The highest BCUT2D eigenvalue weighted by atomic mass is 16.3. The Hall–Kier alpha value is -0.0800. The van der Waals surface area contributed by atoms with Crippen LogP contribution in [0.3, 0.4) is 0 Å². The van der Waals surface area contributed by atoms with E-state index in [1.165, 1.54) is 0 Å². The molecule has 3 N–H and O–H groups in total. The summed E-state index contributed by atoms with van der Waals surface area (Å²) in [5.74, 6) is 0.236. The topological polar surface area (TPSA) is 46.2 Å². The largest absolute Gasteiger partial charge is 0.396 e. The average molecular weight is 103 g/mol. The number of nitrogens with two attached hydrogens (primary N) is 1. The fourth-order valence-electron chi connectivity index (χ4n) is 0.166. The van der Waals surface area contributed by atoms with Crippen LogP contribution in [0.5, 0.6) is 0 Å². The highest BCUT2D eigenvalue weighted by Gasteiger charge is 2.02. The fraction of sp³-hybridized carbons (Fsp3) is 1.00. The van der Waals surface area contributed by atoms with Crippen molar-refractivity contribution in [2.75, 3.05) is 6.61 Å². The molecule has 0 aliphatic heterocycles. The summed E-state index contributed by atoms with van der Waals surface area (Å²) in [5, 5.41) is 8.43. The van der Waals surface area contributed by atoms with Crippen LogP contribution in [0.4, 0.5) is 0 Å². The lowest BCUT2D eigenvalue weighted by Crippen LogP contribution is -2.26. The smallest absolute Gasteiger partial charge is 0.0471 e. The van der Waals surface area contributed by atoms with Gasteiger partial charge in [-0.05, 0) is 12.8 Å². The first-order valence-electron chi connectivity index (χ1n) is 2.55. The highest BCUT2D eigenvalue weighted by Crippen LogP contribution is 1.95. The summed E-state index contributed by atoms with van der Waals surface area (Å²) in [7, 11) is 0. The maximum atomic E-state index is 8.43. The third-order valence-corrected chi connectivity index (χ3v) is 1.19. The van der Waals surface area contributed by atoms with Gasteiger partial charge >= 0.3 is 0 Å². The molecule has 0 rings (SSSR count). The molecule has 0 fully saturated rings. The molecule has 0 aromatic rings. The molecule has 7 heavy (non-hydrogen) atoms. The number of aliphatic hydroxyl groups is 1. The van der Waals surface area contributed by atoms with Crippen molar-refractivity contribution in [3.63, 3.8) is 0 Å². The zero-order valence-electron chi connectivity index (χ0n) is 4.89. The van der Waals surface area contributed by atoms with Crippen molar-refractivity contribution in [1.29, 1.82) is 0 Å². The normalized spacial score (nSPS) is 18.9. The van der Waals surface area contributed by atoms with Crippen LogP contribution in [-0.2, 0) is 0 Å². The second-order valence-corrected chi connectivity index (χ2v) is 2.02. The van der Waals surface area contributed by atoms with Gasteiger partial charge in [0.1, 0.15) is 0 Å². The zero-order chi connectivity index (χ0) is 5.86. The van der Waals surface area contributed by atoms with Gasteiger partial charge in [-0.25, -0.2) is 0 Å². The van der Waals surface area contributed by atoms with Gasteiger partial charge in [-0.1, -0.05) is 6.92 Å². The second-order valence-electron chi connectivity index (χ2n) is 2.02. The lowest BCUT2D eigenvalue weighted by atomic mass is 10.1. The molecule has 2 nitrogen and oxygen atoms in total. The van der Waals surface area contributed by atoms with Gasteiger partial charge in [0.2, 0.25) is 0 Å². The molecule has 0 saturated heterocycles. The Kier molecular flexibility index (Phi) is 2.96. The van der Waals surface area contributed by atoms with Crippen molar-refractivity contribution >= 4 is 0 Å². The van der Waals surface area contributed by atoms with Crippen molar-refractivity contribution in [2.45, 2.75) is 19.9 Å². The van der Waals surface area contributed by atoms with Gasteiger partial charge in [0, 0.05) is 12.6 Å². The molecule has 0 aliphatic carbocycles. The van der Waals surface area contributed by atoms with Gasteiger partial charge in [0.05, 0.1) is 0 Å². The van der Waals surface area contributed by atoms with E-state index >= 15 is 0 Å². The summed E-state index contributed by atoms with van der Waals surface area (Å²) in [6.45, 7) is 4.00. The van der Waals surface area contributed by atoms with Gasteiger partial charge in [0.15, 0.2) is 0 Å². The SMILES string of the molecule is C[C@H](N)[C@@H](C)CO. The molecule has 0 aromatic carbocycles. The maximum absolute atomic E-state index is 8.43. The summed E-state index contributed by atoms with van der Waals surface area (Å²) in [6, 6.07) is 0.116. The molecule has 0 unspecified atom stereocenters. The summed E-state index contributed by atoms with van der Waals surface area (Å²) >= 11 is 0. The molecule has 44 valence electrons. The Morgan fingerprint density at radius 3 is 2.00 bits per heavy atom. The van der Waals surface area contributed by atoms with Crippen LogP contribution in [0.1, 0.15) is 13.8 Å². The van der Waals surface area contributed by atoms with E-state index in [0.717, 1.165) is 0 Å². The van der Waals surface area contributed by atoms with Crippen LogP contribution in [0.25, 0.3) is 0 Å². The lowest BCUT2D eigenvalue weighted by molar-refractivity contribution is 0.221. The van der Waals surface area contributed by atoms with Crippen molar-refractivity contribution in [1.82, 2.24) is 0 Å². The van der Waals surface area contributed by atoms with Gasteiger partial charge in [0.25, 0.3) is 0 Å². The Morgan fingerprint density at radius 2 is 2.00 bits per heavy atom. The van der Waals surface area contributed by atoms with Crippen LogP contribution in [0.2, 0.25) is 0 Å². The van der Waals surface area contributed by atoms with Gasteiger partial charge in [-0.15, -0.1) is 0 Å². The van der Waals surface area contributed by atoms with E-state index in [1.54, 1.807) is 0 Å². The quantitative estimate of drug-likeness (QED) is 0.515. The summed E-state index contributed by atoms with van der Waals surface area (Å²) < 4.78 is 0. The van der Waals surface area contributed by atoms with E-state index in [0.29, 0.717) is 0 Å². The van der Waals surface area contributed by atoms with Crippen LogP contribution in [0, 0.1) is 5.92 Å². The Bertz CT molecular complexity index is 45.3. The molecule has 0 bridgehead atoms. The lowest BCUT2D eigenvalue weighted by Gasteiger charge is -2.09. The minimum atomic E-state index is 0.116. The number of hydrogen-bond acceptors (Lipinski definition) is 2. The van der Waals surface area contributed by atoms with Crippen LogP contribution < -0.4 is 5.73 Å². The standard InChI is InChI=1S/C5H13NO/c1-4(3-7)5(2)6/h4-5,7H,3,6H2,1-2H3/t4-,5-/m0/s1. The van der Waals surface area contributed by atoms with E-state index in [2.05, 4.69) is 0 Å². The second kappa shape index (κ2) is 2.99. The highest BCUT2D eigenvalue weighted by molar-refractivity contribution is 4.60. The predicted molar refractivity (Wildman–Crippen MR) is 29.9 cm³/mol. The maximum Gasteiger partial charge on any atom is 0.0471 e. The third-order valence-electron chi connectivity index (χ3n) is 1.19. The first kappa shape index (κ1) is 6.92. The molecule has 2 atom stereocenters. The van der Waals surface area contributed by atoms with Gasteiger partial charge < -0.3 is 10.8 Å². The van der Waals surface area contributed by atoms with E-state index in [4.69, 9.17) is 10.8 Å². The van der Waals surface area contributed by atoms with E-state index in [-0.39, 0.29) is 18.6 Å². The monoisotopic (exact) mass is 103 g/mol. The van der Waals surface area contributed by atoms with E-state index in [1.807, 2.05) is 13.8 Å². The van der Waals surface area contributed by atoms with Gasteiger partial charge in [-0.3, -0.25) is 0 Å². The number of aliphatic hydroxyl groups excluding tert-OH is 1. The van der Waals surface area contributed by atoms with Crippen molar-refractivity contribution < 1.29 is 5.11 Å². The summed E-state index contributed by atoms with van der Waals surface area (Å²) in [4.78, 5) is 0. The molecule has 0 saturated carbocycles.